The van der Waals surface area contributed by atoms with Crippen molar-refractivity contribution in [2.24, 2.45) is 0 Å². The van der Waals surface area contributed by atoms with Crippen molar-refractivity contribution in [1.82, 2.24) is 25.5 Å². The Bertz CT molecular complexity index is 2060. The van der Waals surface area contributed by atoms with E-state index in [0.717, 1.165) is 42.0 Å². The number of phenolic OH excluding ortho intramolecular Hbond substituents is 1. The molecular weight excluding hydrogens is 653 g/mol. The molecule has 1 saturated carbocycles. The van der Waals surface area contributed by atoms with E-state index < -0.39 is 11.7 Å². The average molecular weight is 692 g/mol. The van der Waals surface area contributed by atoms with Crippen LogP contribution in [0.15, 0.2) is 85.1 Å². The molecule has 2 fully saturated rings. The van der Waals surface area contributed by atoms with Crippen LogP contribution in [-0.2, 0) is 11.3 Å². The lowest BCUT2D eigenvalue weighted by molar-refractivity contribution is 0.0342. The molecule has 1 saturated heterocycles. The maximum Gasteiger partial charge on any atom is 0.270 e. The Balaban J connectivity index is 0.993. The first-order valence-electron chi connectivity index (χ1n) is 17.1. The van der Waals surface area contributed by atoms with Crippen LogP contribution in [0.3, 0.4) is 0 Å². The molecule has 0 unspecified atom stereocenters. The summed E-state index contributed by atoms with van der Waals surface area (Å²) in [6.07, 6.45) is 3.41. The van der Waals surface area contributed by atoms with Crippen molar-refractivity contribution in [3.8, 4) is 34.3 Å². The maximum atomic E-state index is 14.4. The third-order valence-electron chi connectivity index (χ3n) is 9.33. The Hall–Kier alpha value is -5.59. The number of hydrogen-bond acceptors (Lipinski definition) is 9. The summed E-state index contributed by atoms with van der Waals surface area (Å²) in [5.41, 5.74) is 3.36. The molecule has 2 amide bonds. The number of hydrogen-bond donors (Lipinski definition) is 4. The second-order valence-corrected chi connectivity index (χ2v) is 12.9. The number of nitrogens with zero attached hydrogens (tertiary/aromatic N) is 3. The number of ether oxygens (including phenoxy) is 2. The molecule has 11 nitrogen and oxygen atoms in total. The van der Waals surface area contributed by atoms with E-state index in [-0.39, 0.29) is 46.6 Å². The minimum atomic E-state index is -0.669. The monoisotopic (exact) mass is 691 g/mol. The fraction of sp³-hybridized carbons (Fsp3) is 0.282. The Morgan fingerprint density at radius 3 is 2.41 bits per heavy atom. The predicted molar refractivity (Wildman–Crippen MR) is 188 cm³/mol. The summed E-state index contributed by atoms with van der Waals surface area (Å²) in [6.45, 7) is 3.56. The summed E-state index contributed by atoms with van der Waals surface area (Å²) in [4.78, 5) is 37.2. The number of amides is 2. The number of rotatable bonds is 9. The zero-order chi connectivity index (χ0) is 35.3. The molecule has 262 valence electrons. The van der Waals surface area contributed by atoms with Gasteiger partial charge in [-0.2, -0.15) is 0 Å². The number of carbonyl (C=O) groups excluding carboxylic acids is 2. The molecule has 0 atom stereocenters. The molecule has 1 aliphatic heterocycles. The van der Waals surface area contributed by atoms with Gasteiger partial charge in [-0.1, -0.05) is 30.3 Å². The van der Waals surface area contributed by atoms with Gasteiger partial charge in [-0.3, -0.25) is 14.5 Å². The molecular formula is C39H38FN5O6. The van der Waals surface area contributed by atoms with Crippen molar-refractivity contribution in [3.05, 3.63) is 108 Å². The van der Waals surface area contributed by atoms with Crippen molar-refractivity contribution in [1.29, 1.82) is 0 Å². The van der Waals surface area contributed by atoms with E-state index in [2.05, 4.69) is 25.5 Å². The van der Waals surface area contributed by atoms with Gasteiger partial charge in [0, 0.05) is 43.2 Å². The first kappa shape index (κ1) is 33.9. The number of carbonyl (C=O) groups is 2. The second-order valence-electron chi connectivity index (χ2n) is 12.9. The lowest BCUT2D eigenvalue weighted by atomic mass is 9.91. The fourth-order valence-corrected chi connectivity index (χ4v) is 6.68. The first-order valence-corrected chi connectivity index (χ1v) is 17.1. The highest BCUT2D eigenvalue weighted by atomic mass is 19.1. The standard InChI is InChI=1S/C39H38FN5O6/c40-26-20-33(37(48)42-27-8-10-28(11-9-27)43-38(49)35-21-36(47)32-6-1-2-7-34(32)44-35)39(41-22-26)51-30-5-3-4-24(19-30)31-13-12-29(46)18-25(31)23-45-14-16-50-17-15-45/h1-7,12-13,18-22,27-28,46H,8-11,14-17,23H2,(H,42,48)(H,43,49)(H,44,47)/t27-,28-. The molecule has 2 aliphatic rings. The van der Waals surface area contributed by atoms with Crippen molar-refractivity contribution in [3.63, 3.8) is 0 Å². The number of para-hydroxylation sites is 1. The molecule has 3 heterocycles. The van der Waals surface area contributed by atoms with E-state index in [1.54, 1.807) is 42.5 Å². The largest absolute Gasteiger partial charge is 0.508 e. The lowest BCUT2D eigenvalue weighted by Gasteiger charge is -2.29. The smallest absolute Gasteiger partial charge is 0.270 e. The molecule has 7 rings (SSSR count). The highest BCUT2D eigenvalue weighted by Crippen LogP contribution is 2.33. The molecule has 4 N–H and O–H groups in total. The van der Waals surface area contributed by atoms with Gasteiger partial charge in [0.15, 0.2) is 0 Å². The molecule has 1 aliphatic carbocycles. The lowest BCUT2D eigenvalue weighted by Crippen LogP contribution is -2.44. The number of halogens is 1. The number of phenols is 1. The van der Waals surface area contributed by atoms with E-state index in [4.69, 9.17) is 9.47 Å². The van der Waals surface area contributed by atoms with Gasteiger partial charge >= 0.3 is 0 Å². The Morgan fingerprint density at radius 2 is 1.63 bits per heavy atom. The predicted octanol–water partition coefficient (Wildman–Crippen LogP) is 5.94. The third kappa shape index (κ3) is 8.08. The van der Waals surface area contributed by atoms with Crippen molar-refractivity contribution in [2.75, 3.05) is 26.3 Å². The van der Waals surface area contributed by atoms with Gasteiger partial charge in [0.05, 0.1) is 24.9 Å². The van der Waals surface area contributed by atoms with Crippen LogP contribution in [0, 0.1) is 5.82 Å². The van der Waals surface area contributed by atoms with Crippen LogP contribution >= 0.6 is 0 Å². The number of aromatic hydroxyl groups is 2. The molecule has 0 bridgehead atoms. The number of morpholine rings is 1. The highest BCUT2D eigenvalue weighted by molar-refractivity contribution is 5.97. The van der Waals surface area contributed by atoms with E-state index in [9.17, 15) is 24.2 Å². The number of nitrogens with one attached hydrogen (secondary N) is 2. The van der Waals surface area contributed by atoms with Crippen LogP contribution in [0.4, 0.5) is 4.39 Å². The molecule has 12 heteroatoms. The van der Waals surface area contributed by atoms with Gasteiger partial charge in [-0.05, 0) is 84.8 Å². The minimum Gasteiger partial charge on any atom is -0.508 e. The van der Waals surface area contributed by atoms with Gasteiger partial charge in [0.2, 0.25) is 5.88 Å². The summed E-state index contributed by atoms with van der Waals surface area (Å²) < 4.78 is 26.0. The second kappa shape index (κ2) is 15.1. The Kier molecular flexibility index (Phi) is 10.0. The van der Waals surface area contributed by atoms with Gasteiger partial charge in [0.25, 0.3) is 11.8 Å². The van der Waals surface area contributed by atoms with Crippen LogP contribution in [-0.4, -0.2) is 75.3 Å². The number of pyridine rings is 2. The highest BCUT2D eigenvalue weighted by Gasteiger charge is 2.27. The zero-order valence-corrected chi connectivity index (χ0v) is 27.8. The van der Waals surface area contributed by atoms with Gasteiger partial charge in [-0.25, -0.2) is 14.4 Å². The normalized spacial score (nSPS) is 17.9. The van der Waals surface area contributed by atoms with E-state index in [1.807, 2.05) is 24.3 Å². The summed E-state index contributed by atoms with van der Waals surface area (Å²) in [5, 5.41) is 27.2. The van der Waals surface area contributed by atoms with Crippen LogP contribution in [0.1, 0.15) is 52.1 Å². The molecule has 51 heavy (non-hydrogen) atoms. The van der Waals surface area contributed by atoms with Crippen LogP contribution in [0.2, 0.25) is 0 Å². The summed E-state index contributed by atoms with van der Waals surface area (Å²) in [7, 11) is 0. The van der Waals surface area contributed by atoms with Gasteiger partial charge in [0.1, 0.15) is 34.3 Å². The molecule has 0 radical (unpaired) electrons. The Labute approximate surface area is 294 Å². The molecule has 5 aromatic rings. The number of benzene rings is 3. The number of fused-ring (bicyclic) bond motifs is 1. The average Bonchev–Trinajstić information content (AvgIpc) is 3.14. The van der Waals surface area contributed by atoms with Crippen molar-refractivity contribution in [2.45, 2.75) is 44.3 Å². The molecule has 0 spiro atoms. The van der Waals surface area contributed by atoms with E-state index >= 15 is 0 Å². The first-order chi connectivity index (χ1) is 24.8. The summed E-state index contributed by atoms with van der Waals surface area (Å²) in [6, 6.07) is 21.8. The zero-order valence-electron chi connectivity index (χ0n) is 27.8. The van der Waals surface area contributed by atoms with Crippen molar-refractivity contribution >= 4 is 22.7 Å². The van der Waals surface area contributed by atoms with Crippen LogP contribution in [0.25, 0.3) is 22.0 Å². The van der Waals surface area contributed by atoms with Crippen LogP contribution in [0.5, 0.6) is 23.1 Å². The van der Waals surface area contributed by atoms with Gasteiger partial charge in [-0.15, -0.1) is 0 Å². The quantitative estimate of drug-likeness (QED) is 0.148. The topological polar surface area (TPSA) is 146 Å². The van der Waals surface area contributed by atoms with Gasteiger partial charge < -0.3 is 30.3 Å². The maximum absolute atomic E-state index is 14.4. The van der Waals surface area contributed by atoms with E-state index in [0.29, 0.717) is 62.1 Å². The third-order valence-corrected chi connectivity index (χ3v) is 9.33. The van der Waals surface area contributed by atoms with E-state index in [1.165, 1.54) is 6.07 Å². The van der Waals surface area contributed by atoms with Crippen molar-refractivity contribution < 1.29 is 33.7 Å². The fourth-order valence-electron chi connectivity index (χ4n) is 6.68. The summed E-state index contributed by atoms with van der Waals surface area (Å²) in [5.74, 6) is -1.00. The molecule has 2 aromatic heterocycles. The summed E-state index contributed by atoms with van der Waals surface area (Å²) >= 11 is 0. The van der Waals surface area contributed by atoms with Crippen LogP contribution < -0.4 is 15.4 Å². The molecule has 3 aromatic carbocycles. The number of aromatic nitrogens is 2. The minimum absolute atomic E-state index is 0.00831. The Morgan fingerprint density at radius 1 is 0.882 bits per heavy atom. The SMILES string of the molecule is O=C(N[C@H]1CC[C@H](NC(=O)c2cc(F)cnc2Oc2cccc(-c3ccc(O)cc3CN3CCOCC3)c2)CC1)c1cc(O)c2ccccc2n1.